The molecule has 0 saturated carbocycles. The first-order valence-corrected chi connectivity index (χ1v) is 12.1. The quantitative estimate of drug-likeness (QED) is 0.123. The summed E-state index contributed by atoms with van der Waals surface area (Å²) in [6.07, 6.45) is 0. The highest BCUT2D eigenvalue weighted by Crippen LogP contribution is 2.48. The van der Waals surface area contributed by atoms with E-state index in [2.05, 4.69) is 20.2 Å². The van der Waals surface area contributed by atoms with Gasteiger partial charge >= 0.3 is 5.97 Å². The third-order valence-electron chi connectivity index (χ3n) is 4.97. The molecule has 3 heterocycles. The number of nitro benzene ring substituents is 1. The Kier molecular flexibility index (Phi) is 6.62. The van der Waals surface area contributed by atoms with Crippen LogP contribution < -0.4 is 4.72 Å². The molecule has 1 amide bonds. The summed E-state index contributed by atoms with van der Waals surface area (Å²) in [6, 6.07) is 6.09. The zero-order valence-electron chi connectivity index (χ0n) is 17.2. The lowest BCUT2D eigenvalue weighted by atomic mass is 10.00. The number of nitrogens with zero attached hydrogens (tertiary/aromatic N) is 6. The third-order valence-corrected chi connectivity index (χ3v) is 8.41. The summed E-state index contributed by atoms with van der Waals surface area (Å²) in [7, 11) is 3.01. The second-order valence-electron chi connectivity index (χ2n) is 6.84. The van der Waals surface area contributed by atoms with Crippen molar-refractivity contribution >= 4 is 53.0 Å². The number of carboxylic acids is 1. The Hall–Kier alpha value is -2.66. The number of hydrogen-bond acceptors (Lipinski definition) is 12. The summed E-state index contributed by atoms with van der Waals surface area (Å²) in [5.74, 6) is -1.18. The number of hydrogen-bond donors (Lipinski definition) is 2. The number of rotatable bonds is 9. The summed E-state index contributed by atoms with van der Waals surface area (Å²) in [5.41, 5.74) is -1.20. The normalized spacial score (nSPS) is 22.2. The molecular formula is C17H17N7O6S3. The molecule has 2 aliphatic heterocycles. The van der Waals surface area contributed by atoms with E-state index < -0.39 is 27.9 Å². The second kappa shape index (κ2) is 9.30. The molecule has 2 N–H and O–H groups in total. The molecule has 2 aromatic rings. The van der Waals surface area contributed by atoms with Crippen LogP contribution >= 0.6 is 35.5 Å². The highest BCUT2D eigenvalue weighted by atomic mass is 32.2. The average Bonchev–Trinajstić information content (AvgIpc) is 3.22. The molecule has 174 valence electrons. The SMILES string of the molecule is CO[C@@]1(NSc2ccccc2[N+](=O)[O-])C(=O)N2C(C(=O)O)=C(CSc3nnnn3C)CS[C@H]21. The highest BCUT2D eigenvalue weighted by Gasteiger charge is 2.66. The average molecular weight is 512 g/mol. The predicted octanol–water partition coefficient (Wildman–Crippen LogP) is 1.10. The van der Waals surface area contributed by atoms with Crippen LogP contribution in [0.5, 0.6) is 0 Å². The van der Waals surface area contributed by atoms with Crippen LogP contribution in [0.2, 0.25) is 0 Å². The minimum Gasteiger partial charge on any atom is -0.477 e. The molecule has 16 heteroatoms. The van der Waals surface area contributed by atoms with E-state index in [0.717, 1.165) is 11.9 Å². The molecule has 2 aliphatic rings. The molecule has 1 aromatic heterocycles. The minimum atomic E-state index is -1.54. The summed E-state index contributed by atoms with van der Waals surface area (Å²) in [6.45, 7) is 0. The van der Waals surface area contributed by atoms with Gasteiger partial charge in [0, 0.05) is 31.7 Å². The number of carbonyl (C=O) groups is 2. The van der Waals surface area contributed by atoms with Crippen LogP contribution in [0.15, 0.2) is 45.6 Å². The van der Waals surface area contributed by atoms with Crippen LogP contribution in [-0.4, -0.2) is 76.7 Å². The van der Waals surface area contributed by atoms with Gasteiger partial charge in [-0.15, -0.1) is 16.9 Å². The first-order chi connectivity index (χ1) is 15.8. The number of nitro groups is 1. The van der Waals surface area contributed by atoms with Crippen molar-refractivity contribution in [1.82, 2.24) is 29.8 Å². The van der Waals surface area contributed by atoms with Gasteiger partial charge in [-0.3, -0.25) is 19.8 Å². The van der Waals surface area contributed by atoms with Gasteiger partial charge in [0.05, 0.1) is 4.92 Å². The van der Waals surface area contributed by atoms with Crippen LogP contribution in [-0.2, 0) is 21.4 Å². The van der Waals surface area contributed by atoms with Gasteiger partial charge in [0.15, 0.2) is 0 Å². The molecule has 0 unspecified atom stereocenters. The third kappa shape index (κ3) is 4.08. The second-order valence-corrected chi connectivity index (χ2v) is 9.70. The van der Waals surface area contributed by atoms with Crippen molar-refractivity contribution in [3.63, 3.8) is 0 Å². The lowest BCUT2D eigenvalue weighted by Crippen LogP contribution is -2.79. The minimum absolute atomic E-state index is 0.100. The van der Waals surface area contributed by atoms with Crippen molar-refractivity contribution in [2.45, 2.75) is 21.2 Å². The van der Waals surface area contributed by atoms with E-state index in [1.165, 1.54) is 46.3 Å². The Morgan fingerprint density at radius 1 is 1.48 bits per heavy atom. The number of fused-ring (bicyclic) bond motifs is 1. The summed E-state index contributed by atoms with van der Waals surface area (Å²) >= 11 is 3.50. The Labute approximate surface area is 199 Å². The van der Waals surface area contributed by atoms with Gasteiger partial charge < -0.3 is 9.84 Å². The summed E-state index contributed by atoms with van der Waals surface area (Å²) < 4.78 is 9.89. The topological polar surface area (TPSA) is 166 Å². The Morgan fingerprint density at radius 2 is 2.24 bits per heavy atom. The van der Waals surface area contributed by atoms with Crippen LogP contribution in [0.1, 0.15) is 0 Å². The van der Waals surface area contributed by atoms with Crippen LogP contribution in [0.3, 0.4) is 0 Å². The van der Waals surface area contributed by atoms with Crippen LogP contribution in [0.4, 0.5) is 5.69 Å². The molecule has 0 bridgehead atoms. The number of aliphatic carboxylic acids is 1. The number of carboxylic acid groups (broad SMARTS) is 1. The molecule has 1 fully saturated rings. The predicted molar refractivity (Wildman–Crippen MR) is 119 cm³/mol. The summed E-state index contributed by atoms with van der Waals surface area (Å²) in [4.78, 5) is 37.5. The van der Waals surface area contributed by atoms with Crippen molar-refractivity contribution < 1.29 is 24.4 Å². The van der Waals surface area contributed by atoms with Gasteiger partial charge in [0.2, 0.25) is 10.9 Å². The maximum Gasteiger partial charge on any atom is 0.352 e. The van der Waals surface area contributed by atoms with E-state index in [0.29, 0.717) is 21.4 Å². The number of tetrazole rings is 1. The van der Waals surface area contributed by atoms with E-state index >= 15 is 0 Å². The standard InChI is InChI=1S/C17H17N7O6S3/c1-22-16(18-20-21-22)32-8-9-7-31-15-17(30-2,14(27)23(15)12(9)13(25)26)19-33-11-6-4-3-5-10(11)24(28)29/h3-6,15,19H,7-8H2,1-2H3,(H,25,26)/t15-,17-/m0/s1. The van der Waals surface area contributed by atoms with E-state index in [4.69, 9.17) is 4.74 Å². The van der Waals surface area contributed by atoms with E-state index in [1.54, 1.807) is 25.2 Å². The van der Waals surface area contributed by atoms with E-state index in [1.807, 2.05) is 0 Å². The Bertz CT molecular complexity index is 1160. The Morgan fingerprint density at radius 3 is 2.88 bits per heavy atom. The molecule has 4 rings (SSSR count). The zero-order chi connectivity index (χ0) is 23.8. The number of amides is 1. The van der Waals surface area contributed by atoms with Crippen molar-refractivity contribution in [2.75, 3.05) is 18.6 Å². The number of ether oxygens (including phenoxy) is 1. The van der Waals surface area contributed by atoms with Gasteiger partial charge in [-0.1, -0.05) is 23.9 Å². The van der Waals surface area contributed by atoms with Gasteiger partial charge in [0.1, 0.15) is 16.0 Å². The van der Waals surface area contributed by atoms with Gasteiger partial charge in [-0.25, -0.2) is 14.2 Å². The van der Waals surface area contributed by atoms with E-state index in [-0.39, 0.29) is 17.1 Å². The van der Waals surface area contributed by atoms with Crippen LogP contribution in [0, 0.1) is 10.1 Å². The number of carbonyl (C=O) groups excluding carboxylic acids is 1. The molecule has 0 radical (unpaired) electrons. The molecule has 0 spiro atoms. The smallest absolute Gasteiger partial charge is 0.352 e. The first-order valence-electron chi connectivity index (χ1n) is 9.28. The van der Waals surface area contributed by atoms with Crippen molar-refractivity contribution in [1.29, 1.82) is 0 Å². The van der Waals surface area contributed by atoms with Gasteiger partial charge in [-0.2, -0.15) is 0 Å². The number of β-lactam (4-membered cyclic amide) rings is 1. The number of thioether (sulfide) groups is 2. The maximum absolute atomic E-state index is 13.2. The molecular weight excluding hydrogens is 494 g/mol. The zero-order valence-corrected chi connectivity index (χ0v) is 19.6. The number of aromatic nitrogens is 4. The number of para-hydroxylation sites is 1. The number of benzene rings is 1. The van der Waals surface area contributed by atoms with E-state index in [9.17, 15) is 24.8 Å². The molecule has 13 nitrogen and oxygen atoms in total. The van der Waals surface area contributed by atoms with Gasteiger partial charge in [-0.05, 0) is 34.0 Å². The summed E-state index contributed by atoms with van der Waals surface area (Å²) in [5, 5.41) is 32.1. The van der Waals surface area contributed by atoms with Crippen molar-refractivity contribution in [2.24, 2.45) is 7.05 Å². The first kappa shape index (κ1) is 23.5. The molecule has 2 atom stereocenters. The maximum atomic E-state index is 13.2. The largest absolute Gasteiger partial charge is 0.477 e. The lowest BCUT2D eigenvalue weighted by molar-refractivity contribution is -0.387. The fraction of sp³-hybridized carbons (Fsp3) is 0.353. The fourth-order valence-electron chi connectivity index (χ4n) is 3.34. The number of aryl methyl sites for hydroxylation is 1. The lowest BCUT2D eigenvalue weighted by Gasteiger charge is -2.55. The molecule has 1 saturated heterocycles. The number of methoxy groups -OCH3 is 1. The molecule has 33 heavy (non-hydrogen) atoms. The van der Waals surface area contributed by atoms with Crippen molar-refractivity contribution in [3.05, 3.63) is 45.6 Å². The monoisotopic (exact) mass is 511 g/mol. The Balaban J connectivity index is 1.55. The highest BCUT2D eigenvalue weighted by molar-refractivity contribution is 8.01. The molecule has 0 aliphatic carbocycles. The number of nitrogens with one attached hydrogen (secondary N) is 1. The fourth-order valence-corrected chi connectivity index (χ4v) is 6.78. The van der Waals surface area contributed by atoms with Crippen LogP contribution in [0.25, 0.3) is 0 Å². The van der Waals surface area contributed by atoms with Crippen molar-refractivity contribution in [3.8, 4) is 0 Å². The van der Waals surface area contributed by atoms with Gasteiger partial charge in [0.25, 0.3) is 11.6 Å². The molecule has 1 aromatic carbocycles.